The Labute approximate surface area is 218 Å². The number of para-hydroxylation sites is 1. The molecule has 0 bridgehead atoms. The number of non-ortho nitro benzene ring substituents is 1. The first-order valence-electron chi connectivity index (χ1n) is 10.9. The first-order chi connectivity index (χ1) is 17.4. The predicted molar refractivity (Wildman–Crippen MR) is 144 cm³/mol. The van der Waals surface area contributed by atoms with E-state index in [1.165, 1.54) is 28.0 Å². The molecule has 0 amide bonds. The number of hydrogen-bond donors (Lipinski definition) is 1. The van der Waals surface area contributed by atoms with E-state index in [9.17, 15) is 19.7 Å². The van der Waals surface area contributed by atoms with Gasteiger partial charge >= 0.3 is 0 Å². The van der Waals surface area contributed by atoms with Gasteiger partial charge in [-0.3, -0.25) is 24.3 Å². The van der Waals surface area contributed by atoms with Gasteiger partial charge in [0.15, 0.2) is 5.78 Å². The lowest BCUT2D eigenvalue weighted by atomic mass is 10.1. The molecule has 0 radical (unpaired) electrons. The molecular formula is C26H18ClN3O4S2. The number of ketones is 1. The number of rotatable bonds is 6. The van der Waals surface area contributed by atoms with Gasteiger partial charge in [-0.25, -0.2) is 0 Å². The first-order valence-corrected chi connectivity index (χ1v) is 12.9. The maximum atomic E-state index is 13.4. The number of nitrogens with zero attached hydrogens (tertiary/aromatic N) is 2. The summed E-state index contributed by atoms with van der Waals surface area (Å²) >= 11 is 8.81. The van der Waals surface area contributed by atoms with Gasteiger partial charge in [-0.2, -0.15) is 0 Å². The fourth-order valence-electron chi connectivity index (χ4n) is 3.77. The van der Waals surface area contributed by atoms with E-state index in [-0.39, 0.29) is 28.9 Å². The molecule has 1 atom stereocenters. The number of anilines is 1. The van der Waals surface area contributed by atoms with Crippen molar-refractivity contribution in [1.29, 1.82) is 0 Å². The zero-order chi connectivity index (χ0) is 25.2. The number of carbonyl (C=O) groups excluding carboxylic acids is 1. The highest BCUT2D eigenvalue weighted by Crippen LogP contribution is 2.38. The molecule has 36 heavy (non-hydrogen) atoms. The molecule has 0 aliphatic carbocycles. The zero-order valence-electron chi connectivity index (χ0n) is 18.6. The van der Waals surface area contributed by atoms with Crippen molar-refractivity contribution in [3.8, 4) is 0 Å². The normalized spacial score (nSPS) is 15.5. The van der Waals surface area contributed by atoms with Crippen molar-refractivity contribution >= 4 is 64.0 Å². The van der Waals surface area contributed by atoms with Crippen LogP contribution in [0.15, 0.2) is 82.5 Å². The molecule has 4 aromatic rings. The van der Waals surface area contributed by atoms with Gasteiger partial charge in [0.25, 0.3) is 11.2 Å². The Kier molecular flexibility index (Phi) is 6.77. The third kappa shape index (κ3) is 5.13. The van der Waals surface area contributed by atoms with Crippen molar-refractivity contribution in [3.05, 3.63) is 119 Å². The van der Waals surface area contributed by atoms with E-state index in [1.807, 2.05) is 30.3 Å². The lowest BCUT2D eigenvalue weighted by Gasteiger charge is -2.06. The van der Waals surface area contributed by atoms with Gasteiger partial charge in [0, 0.05) is 33.3 Å². The smallest absolute Gasteiger partial charge is 0.270 e. The summed E-state index contributed by atoms with van der Waals surface area (Å²) in [6, 6.07) is 20.5. The van der Waals surface area contributed by atoms with E-state index in [4.69, 9.17) is 11.6 Å². The summed E-state index contributed by atoms with van der Waals surface area (Å²) in [4.78, 5) is 38.2. The Morgan fingerprint density at radius 2 is 1.89 bits per heavy atom. The summed E-state index contributed by atoms with van der Waals surface area (Å²) in [7, 11) is 0. The molecule has 180 valence electrons. The molecule has 1 aliphatic rings. The highest BCUT2D eigenvalue weighted by molar-refractivity contribution is 8.00. The van der Waals surface area contributed by atoms with Crippen molar-refractivity contribution in [2.45, 2.75) is 16.8 Å². The largest absolute Gasteiger partial charge is 0.369 e. The van der Waals surface area contributed by atoms with E-state index < -0.39 is 4.92 Å². The number of halogens is 1. The molecule has 0 saturated heterocycles. The molecule has 0 spiro atoms. The van der Waals surface area contributed by atoms with Gasteiger partial charge in [0.2, 0.25) is 0 Å². The average Bonchev–Trinajstić information content (AvgIpc) is 3.40. The molecule has 1 N–H and O–H groups in total. The fourth-order valence-corrected chi connectivity index (χ4v) is 6.13. The van der Waals surface area contributed by atoms with Crippen LogP contribution in [0.25, 0.3) is 12.2 Å². The van der Waals surface area contributed by atoms with Crippen LogP contribution in [0.2, 0.25) is 5.02 Å². The van der Waals surface area contributed by atoms with E-state index in [0.29, 0.717) is 25.3 Å². The van der Waals surface area contributed by atoms with E-state index in [0.717, 1.165) is 10.6 Å². The number of benzene rings is 3. The summed E-state index contributed by atoms with van der Waals surface area (Å²) in [6.07, 6.45) is 3.54. The number of nitro groups is 1. The SMILES string of the molecule is O=C(Cn1c(=O)/c(=C\c2cccc([N+](=O)[O-])c2)s/c1=C\C1Nc2ccccc2S1)c1ccc(Cl)cc1. The van der Waals surface area contributed by atoms with Crippen LogP contribution < -0.4 is 20.1 Å². The topological polar surface area (TPSA) is 94.2 Å². The molecule has 1 aromatic heterocycles. The zero-order valence-corrected chi connectivity index (χ0v) is 21.0. The number of carbonyl (C=O) groups is 1. The summed E-state index contributed by atoms with van der Waals surface area (Å²) in [5.74, 6) is -0.224. The third-order valence-corrected chi connectivity index (χ3v) is 7.96. The number of thioether (sulfide) groups is 1. The molecule has 1 unspecified atom stereocenters. The lowest BCUT2D eigenvalue weighted by molar-refractivity contribution is -0.384. The van der Waals surface area contributed by atoms with E-state index in [1.54, 1.807) is 54.2 Å². The third-order valence-electron chi connectivity index (χ3n) is 5.52. The van der Waals surface area contributed by atoms with Crippen molar-refractivity contribution in [2.24, 2.45) is 0 Å². The number of fused-ring (bicyclic) bond motifs is 1. The maximum absolute atomic E-state index is 13.4. The van der Waals surface area contributed by atoms with Gasteiger partial charge in [-0.15, -0.1) is 11.3 Å². The molecule has 2 heterocycles. The van der Waals surface area contributed by atoms with Gasteiger partial charge in [0.1, 0.15) is 0 Å². The van der Waals surface area contributed by atoms with Crippen LogP contribution in [-0.2, 0) is 6.54 Å². The first kappa shape index (κ1) is 24.1. The molecule has 7 nitrogen and oxygen atoms in total. The van der Waals surface area contributed by atoms with Crippen LogP contribution in [0.1, 0.15) is 15.9 Å². The minimum Gasteiger partial charge on any atom is -0.369 e. The Morgan fingerprint density at radius 1 is 1.11 bits per heavy atom. The van der Waals surface area contributed by atoms with Gasteiger partial charge in [-0.1, -0.05) is 47.6 Å². The lowest BCUT2D eigenvalue weighted by Crippen LogP contribution is -2.34. The molecule has 10 heteroatoms. The summed E-state index contributed by atoms with van der Waals surface area (Å²) in [5, 5.41) is 15.0. The van der Waals surface area contributed by atoms with Crippen LogP contribution in [-0.4, -0.2) is 20.6 Å². The highest BCUT2D eigenvalue weighted by Gasteiger charge is 2.20. The van der Waals surface area contributed by atoms with Gasteiger partial charge in [-0.05, 0) is 54.1 Å². The van der Waals surface area contributed by atoms with E-state index in [2.05, 4.69) is 5.32 Å². The minimum absolute atomic E-state index is 0.0605. The Morgan fingerprint density at radius 3 is 2.64 bits per heavy atom. The number of aromatic nitrogens is 1. The summed E-state index contributed by atoms with van der Waals surface area (Å²) in [5.41, 5.74) is 1.60. The van der Waals surface area contributed by atoms with Crippen LogP contribution in [0.4, 0.5) is 11.4 Å². The van der Waals surface area contributed by atoms with Gasteiger partial charge in [0.05, 0.1) is 26.0 Å². The molecular weight excluding hydrogens is 518 g/mol. The Balaban J connectivity index is 1.57. The van der Waals surface area contributed by atoms with E-state index >= 15 is 0 Å². The molecule has 5 rings (SSSR count). The second-order valence-corrected chi connectivity index (χ2v) is 10.7. The number of nitrogens with one attached hydrogen (secondary N) is 1. The highest BCUT2D eigenvalue weighted by atomic mass is 35.5. The minimum atomic E-state index is -0.477. The number of Topliss-reactive ketones (excluding diaryl/α,β-unsaturated/α-hetero) is 1. The van der Waals surface area contributed by atoms with Crippen molar-refractivity contribution in [2.75, 3.05) is 5.32 Å². The monoisotopic (exact) mass is 535 g/mol. The van der Waals surface area contributed by atoms with Crippen molar-refractivity contribution in [1.82, 2.24) is 4.57 Å². The van der Waals surface area contributed by atoms with Crippen LogP contribution >= 0.6 is 34.7 Å². The predicted octanol–water partition coefficient (Wildman–Crippen LogP) is 4.51. The molecule has 1 aliphatic heterocycles. The Bertz CT molecular complexity index is 1640. The van der Waals surface area contributed by atoms with Crippen LogP contribution in [0.5, 0.6) is 0 Å². The number of hydrogen-bond acceptors (Lipinski definition) is 7. The maximum Gasteiger partial charge on any atom is 0.270 e. The molecule has 3 aromatic carbocycles. The number of thiazole rings is 1. The summed E-state index contributed by atoms with van der Waals surface area (Å²) < 4.78 is 2.46. The second kappa shape index (κ2) is 10.1. The quantitative estimate of drug-likeness (QED) is 0.222. The standard InChI is InChI=1S/C26H18ClN3O4S2/c27-18-10-8-17(9-11-18)21(31)15-29-25(14-24-28-20-6-1-2-7-22(20)35-24)36-23(26(29)32)13-16-4-3-5-19(12-16)30(33)34/h1-14,24,28H,15H2/b23-13+,25-14-. The number of nitro benzene ring substituents is 1. The van der Waals surface area contributed by atoms with Crippen LogP contribution in [0.3, 0.4) is 0 Å². The average molecular weight is 536 g/mol. The van der Waals surface area contributed by atoms with Crippen molar-refractivity contribution in [3.63, 3.8) is 0 Å². The Hall–Kier alpha value is -3.66. The summed E-state index contributed by atoms with van der Waals surface area (Å²) in [6.45, 7) is -0.143. The van der Waals surface area contributed by atoms with Gasteiger partial charge < -0.3 is 5.32 Å². The second-order valence-electron chi connectivity index (χ2n) is 7.97. The molecule has 0 fully saturated rings. The molecule has 0 saturated carbocycles. The fraction of sp³-hybridized carbons (Fsp3) is 0.0769. The van der Waals surface area contributed by atoms with Crippen LogP contribution in [0, 0.1) is 10.1 Å². The van der Waals surface area contributed by atoms with Crippen molar-refractivity contribution < 1.29 is 9.72 Å².